The summed E-state index contributed by atoms with van der Waals surface area (Å²) in [7, 11) is 0. The van der Waals surface area contributed by atoms with Gasteiger partial charge < -0.3 is 10.6 Å². The maximum Gasteiger partial charge on any atom is 0.240 e. The van der Waals surface area contributed by atoms with E-state index in [9.17, 15) is 4.79 Å². The van der Waals surface area contributed by atoms with Crippen LogP contribution in [-0.4, -0.2) is 24.0 Å². The fourth-order valence-electron chi connectivity index (χ4n) is 2.30. The Morgan fingerprint density at radius 3 is 2.86 bits per heavy atom. The van der Waals surface area contributed by atoms with Gasteiger partial charge in [0, 0.05) is 6.04 Å². The van der Waals surface area contributed by atoms with E-state index in [1.165, 1.54) is 12.8 Å². The Bertz CT molecular complexity index is 217. The molecule has 2 rings (SSSR count). The number of carbonyl (C=O) groups excluding carboxylic acids is 1. The number of hydrogen-bond acceptors (Lipinski definition) is 2. The van der Waals surface area contributed by atoms with Gasteiger partial charge >= 0.3 is 0 Å². The molecule has 1 unspecified atom stereocenters. The van der Waals surface area contributed by atoms with Gasteiger partial charge in [-0.1, -0.05) is 13.3 Å². The van der Waals surface area contributed by atoms with Crippen LogP contribution in [0.2, 0.25) is 0 Å². The monoisotopic (exact) mass is 196 g/mol. The van der Waals surface area contributed by atoms with Crippen LogP contribution in [0.5, 0.6) is 0 Å². The molecule has 2 N–H and O–H groups in total. The quantitative estimate of drug-likeness (QED) is 0.709. The molecule has 3 nitrogen and oxygen atoms in total. The minimum absolute atomic E-state index is 0.225. The number of carbonyl (C=O) groups is 1. The van der Waals surface area contributed by atoms with Crippen LogP contribution >= 0.6 is 0 Å². The average molecular weight is 196 g/mol. The molecular formula is C11H20N2O. The molecule has 1 saturated heterocycles. The predicted molar refractivity (Wildman–Crippen MR) is 56.0 cm³/mol. The largest absolute Gasteiger partial charge is 0.352 e. The molecule has 0 bridgehead atoms. The summed E-state index contributed by atoms with van der Waals surface area (Å²) in [6.45, 7) is 3.14. The fourth-order valence-corrected chi connectivity index (χ4v) is 2.30. The molecule has 0 spiro atoms. The zero-order valence-corrected chi connectivity index (χ0v) is 8.94. The van der Waals surface area contributed by atoms with Crippen molar-refractivity contribution in [2.45, 2.75) is 57.0 Å². The molecule has 2 fully saturated rings. The molecule has 1 saturated carbocycles. The smallest absolute Gasteiger partial charge is 0.240 e. The van der Waals surface area contributed by atoms with E-state index in [0.29, 0.717) is 6.04 Å². The van der Waals surface area contributed by atoms with Crippen molar-refractivity contribution in [1.29, 1.82) is 0 Å². The Balaban J connectivity index is 1.96. The first-order valence-electron chi connectivity index (χ1n) is 5.83. The summed E-state index contributed by atoms with van der Waals surface area (Å²) in [6.07, 6.45) is 6.55. The molecule has 0 radical (unpaired) electrons. The molecule has 0 aromatic rings. The maximum atomic E-state index is 12.0. The van der Waals surface area contributed by atoms with E-state index in [4.69, 9.17) is 0 Å². The van der Waals surface area contributed by atoms with Crippen LogP contribution < -0.4 is 10.6 Å². The van der Waals surface area contributed by atoms with Crippen molar-refractivity contribution in [3.63, 3.8) is 0 Å². The summed E-state index contributed by atoms with van der Waals surface area (Å²) >= 11 is 0. The highest BCUT2D eigenvalue weighted by Gasteiger charge is 2.41. The van der Waals surface area contributed by atoms with Crippen molar-refractivity contribution in [2.24, 2.45) is 0 Å². The third-order valence-corrected chi connectivity index (χ3v) is 3.27. The molecule has 80 valence electrons. The van der Waals surface area contributed by atoms with E-state index < -0.39 is 0 Å². The van der Waals surface area contributed by atoms with Crippen LogP contribution in [-0.2, 0) is 4.79 Å². The molecular weight excluding hydrogens is 176 g/mol. The van der Waals surface area contributed by atoms with Gasteiger partial charge in [-0.15, -0.1) is 0 Å². The molecule has 1 heterocycles. The van der Waals surface area contributed by atoms with Crippen molar-refractivity contribution >= 4 is 5.91 Å². The third kappa shape index (κ3) is 1.92. The van der Waals surface area contributed by atoms with Gasteiger partial charge in [-0.2, -0.15) is 0 Å². The first-order chi connectivity index (χ1) is 6.77. The van der Waals surface area contributed by atoms with Crippen LogP contribution in [0.3, 0.4) is 0 Å². The van der Waals surface area contributed by atoms with Crippen molar-refractivity contribution in [2.75, 3.05) is 6.54 Å². The minimum atomic E-state index is -0.225. The normalized spacial score (nSPS) is 31.8. The predicted octanol–water partition coefficient (Wildman–Crippen LogP) is 1.19. The Kier molecular flexibility index (Phi) is 2.77. The molecule has 1 aliphatic carbocycles. The van der Waals surface area contributed by atoms with Crippen LogP contribution in [0.15, 0.2) is 0 Å². The van der Waals surface area contributed by atoms with E-state index in [1.807, 2.05) is 0 Å². The van der Waals surface area contributed by atoms with E-state index >= 15 is 0 Å². The Morgan fingerprint density at radius 2 is 2.36 bits per heavy atom. The standard InChI is InChI=1S/C11H20N2O/c1-2-6-11(7-3-8-12-11)10(14)13-9-4-5-9/h9,12H,2-8H2,1H3,(H,13,14). The summed E-state index contributed by atoms with van der Waals surface area (Å²) in [4.78, 5) is 12.0. The SMILES string of the molecule is CCCC1(C(=O)NC2CC2)CCCN1. The zero-order chi connectivity index (χ0) is 10.0. The van der Waals surface area contributed by atoms with E-state index in [2.05, 4.69) is 17.6 Å². The highest BCUT2D eigenvalue weighted by Crippen LogP contribution is 2.27. The highest BCUT2D eigenvalue weighted by molar-refractivity contribution is 5.87. The lowest BCUT2D eigenvalue weighted by Gasteiger charge is -2.27. The van der Waals surface area contributed by atoms with Gasteiger partial charge in [0.1, 0.15) is 0 Å². The minimum Gasteiger partial charge on any atom is -0.352 e. The summed E-state index contributed by atoms with van der Waals surface area (Å²) in [5, 5.41) is 6.51. The number of rotatable bonds is 4. The van der Waals surface area contributed by atoms with Gasteiger partial charge in [-0.3, -0.25) is 4.79 Å². The summed E-state index contributed by atoms with van der Waals surface area (Å²) < 4.78 is 0. The van der Waals surface area contributed by atoms with Crippen molar-refractivity contribution in [1.82, 2.24) is 10.6 Å². The molecule has 3 heteroatoms. The van der Waals surface area contributed by atoms with Crippen LogP contribution in [0, 0.1) is 0 Å². The number of nitrogens with one attached hydrogen (secondary N) is 2. The Hall–Kier alpha value is -0.570. The number of hydrogen-bond donors (Lipinski definition) is 2. The fraction of sp³-hybridized carbons (Fsp3) is 0.909. The van der Waals surface area contributed by atoms with Gasteiger partial charge in [-0.25, -0.2) is 0 Å². The van der Waals surface area contributed by atoms with Crippen molar-refractivity contribution in [3.05, 3.63) is 0 Å². The van der Waals surface area contributed by atoms with Crippen molar-refractivity contribution < 1.29 is 4.79 Å². The second kappa shape index (κ2) is 3.89. The first-order valence-corrected chi connectivity index (χ1v) is 5.83. The molecule has 1 aliphatic heterocycles. The van der Waals surface area contributed by atoms with Gasteiger partial charge in [0.05, 0.1) is 5.54 Å². The van der Waals surface area contributed by atoms with Crippen LogP contribution in [0.4, 0.5) is 0 Å². The topological polar surface area (TPSA) is 41.1 Å². The average Bonchev–Trinajstić information content (AvgIpc) is 2.83. The van der Waals surface area contributed by atoms with Gasteiger partial charge in [0.2, 0.25) is 5.91 Å². The first kappa shape index (κ1) is 9.97. The lowest BCUT2D eigenvalue weighted by Crippen LogP contribution is -2.53. The zero-order valence-electron chi connectivity index (χ0n) is 8.94. The molecule has 0 aromatic heterocycles. The molecule has 1 atom stereocenters. The molecule has 2 aliphatic rings. The summed E-state index contributed by atoms with van der Waals surface area (Å²) in [5.41, 5.74) is -0.225. The van der Waals surface area contributed by atoms with Crippen molar-refractivity contribution in [3.8, 4) is 0 Å². The van der Waals surface area contributed by atoms with Gasteiger partial charge in [0.15, 0.2) is 0 Å². The summed E-state index contributed by atoms with van der Waals surface area (Å²) in [5.74, 6) is 0.249. The second-order valence-electron chi connectivity index (χ2n) is 4.61. The lowest BCUT2D eigenvalue weighted by molar-refractivity contribution is -0.127. The van der Waals surface area contributed by atoms with E-state index in [1.54, 1.807) is 0 Å². The Labute approximate surface area is 85.6 Å². The van der Waals surface area contributed by atoms with Crippen LogP contribution in [0.25, 0.3) is 0 Å². The summed E-state index contributed by atoms with van der Waals surface area (Å²) in [6, 6.07) is 0.485. The molecule has 0 aromatic carbocycles. The third-order valence-electron chi connectivity index (χ3n) is 3.27. The Morgan fingerprint density at radius 1 is 1.57 bits per heavy atom. The second-order valence-corrected chi connectivity index (χ2v) is 4.61. The van der Waals surface area contributed by atoms with E-state index in [0.717, 1.165) is 32.2 Å². The maximum absolute atomic E-state index is 12.0. The van der Waals surface area contributed by atoms with Crippen LogP contribution in [0.1, 0.15) is 45.4 Å². The molecule has 14 heavy (non-hydrogen) atoms. The number of amides is 1. The highest BCUT2D eigenvalue weighted by atomic mass is 16.2. The van der Waals surface area contributed by atoms with E-state index in [-0.39, 0.29) is 11.4 Å². The lowest BCUT2D eigenvalue weighted by atomic mass is 9.91. The van der Waals surface area contributed by atoms with Gasteiger partial charge in [-0.05, 0) is 38.6 Å². The van der Waals surface area contributed by atoms with Gasteiger partial charge in [0.25, 0.3) is 0 Å². The molecule has 1 amide bonds.